The maximum absolute atomic E-state index is 12.4. The predicted molar refractivity (Wildman–Crippen MR) is 116 cm³/mol. The molecule has 150 valence electrons. The van der Waals surface area contributed by atoms with Crippen LogP contribution in [0.15, 0.2) is 66.7 Å². The highest BCUT2D eigenvalue weighted by Gasteiger charge is 2.14. The van der Waals surface area contributed by atoms with Crippen molar-refractivity contribution in [2.24, 2.45) is 0 Å². The molecule has 1 N–H and O–H groups in total. The van der Waals surface area contributed by atoms with Crippen molar-refractivity contribution in [3.63, 3.8) is 0 Å². The Morgan fingerprint density at radius 3 is 2.21 bits per heavy atom. The Labute approximate surface area is 171 Å². The smallest absolute Gasteiger partial charge is 0.236 e. The van der Waals surface area contributed by atoms with Crippen LogP contribution >= 0.6 is 0 Å². The van der Waals surface area contributed by atoms with Crippen molar-refractivity contribution in [1.82, 2.24) is 10.2 Å². The number of hydrogen-bond acceptors (Lipinski definition) is 5. The third-order valence-corrected chi connectivity index (χ3v) is 6.24. The molecule has 1 fully saturated rings. The molecule has 0 atom stereocenters. The van der Waals surface area contributed by atoms with Crippen LogP contribution in [-0.2, 0) is 15.8 Å². The maximum atomic E-state index is 12.4. The van der Waals surface area contributed by atoms with E-state index in [1.54, 1.807) is 24.3 Å². The molecule has 7 heteroatoms. The minimum atomic E-state index is -3.47. The van der Waals surface area contributed by atoms with Crippen molar-refractivity contribution in [3.8, 4) is 11.3 Å². The number of nitrogens with one attached hydrogen (secondary N) is 1. The molecular formula is C22H24N4O2S. The quantitative estimate of drug-likeness (QED) is 0.665. The van der Waals surface area contributed by atoms with Gasteiger partial charge in [0.25, 0.3) is 0 Å². The molecule has 2 aromatic carbocycles. The van der Waals surface area contributed by atoms with Gasteiger partial charge in [-0.05, 0) is 49.1 Å². The Kier molecular flexibility index (Phi) is 5.76. The first-order valence-corrected chi connectivity index (χ1v) is 11.5. The molecule has 1 aliphatic heterocycles. The van der Waals surface area contributed by atoms with Crippen molar-refractivity contribution in [2.45, 2.75) is 25.0 Å². The second kappa shape index (κ2) is 8.61. The molecule has 29 heavy (non-hydrogen) atoms. The maximum Gasteiger partial charge on any atom is 0.236 e. The van der Waals surface area contributed by atoms with Crippen molar-refractivity contribution in [2.75, 3.05) is 22.7 Å². The van der Waals surface area contributed by atoms with Crippen LogP contribution in [-0.4, -0.2) is 31.7 Å². The van der Waals surface area contributed by atoms with E-state index in [9.17, 15) is 8.42 Å². The van der Waals surface area contributed by atoms with Gasteiger partial charge in [-0.2, -0.15) is 0 Å². The first kappa shape index (κ1) is 19.4. The normalized spacial score (nSPS) is 14.6. The third-order valence-electron chi connectivity index (χ3n) is 4.98. The van der Waals surface area contributed by atoms with Gasteiger partial charge in [-0.1, -0.05) is 42.5 Å². The number of nitrogens with zero attached hydrogens (tertiary/aromatic N) is 3. The molecule has 0 radical (unpaired) electrons. The molecule has 0 saturated carbocycles. The Morgan fingerprint density at radius 1 is 0.828 bits per heavy atom. The Morgan fingerprint density at radius 2 is 1.55 bits per heavy atom. The fourth-order valence-corrected chi connectivity index (χ4v) is 4.69. The highest BCUT2D eigenvalue weighted by molar-refractivity contribution is 7.91. The van der Waals surface area contributed by atoms with E-state index < -0.39 is 10.0 Å². The molecule has 4 rings (SSSR count). The highest BCUT2D eigenvalue weighted by Crippen LogP contribution is 2.23. The molecule has 6 nitrogen and oxygen atoms in total. The summed E-state index contributed by atoms with van der Waals surface area (Å²) < 4.78 is 27.4. The molecule has 0 unspecified atom stereocenters. The number of benzene rings is 2. The summed E-state index contributed by atoms with van der Waals surface area (Å²) in [5, 5.41) is 8.73. The monoisotopic (exact) mass is 408 g/mol. The van der Waals surface area contributed by atoms with Gasteiger partial charge in [-0.25, -0.2) is 8.42 Å². The topological polar surface area (TPSA) is 75.2 Å². The molecule has 0 amide bonds. The van der Waals surface area contributed by atoms with Crippen molar-refractivity contribution >= 4 is 21.5 Å². The fourth-order valence-electron chi connectivity index (χ4n) is 3.49. The van der Waals surface area contributed by atoms with Crippen LogP contribution in [0.1, 0.15) is 24.8 Å². The van der Waals surface area contributed by atoms with Crippen molar-refractivity contribution in [1.29, 1.82) is 0 Å². The molecule has 1 aliphatic rings. The Balaban J connectivity index is 1.42. The van der Waals surface area contributed by atoms with E-state index in [0.29, 0.717) is 5.69 Å². The SMILES string of the molecule is O=S(=O)(Cc1ccccc1)Nc1ccc(-c2ccc(N3CCCCC3)nn2)cc1. The molecule has 1 saturated heterocycles. The first-order chi connectivity index (χ1) is 14.1. The van der Waals surface area contributed by atoms with E-state index in [2.05, 4.69) is 19.8 Å². The van der Waals surface area contributed by atoms with E-state index in [4.69, 9.17) is 0 Å². The summed E-state index contributed by atoms with van der Waals surface area (Å²) in [5.41, 5.74) is 2.95. The number of sulfonamides is 1. The first-order valence-electron chi connectivity index (χ1n) is 9.83. The molecular weight excluding hydrogens is 384 g/mol. The van der Waals surface area contributed by atoms with Crippen LogP contribution in [0.3, 0.4) is 0 Å². The minimum Gasteiger partial charge on any atom is -0.355 e. The molecule has 1 aromatic heterocycles. The van der Waals surface area contributed by atoms with E-state index in [0.717, 1.165) is 35.7 Å². The molecule has 0 spiro atoms. The minimum absolute atomic E-state index is 0.0565. The van der Waals surface area contributed by atoms with Gasteiger partial charge in [0.2, 0.25) is 10.0 Å². The summed E-state index contributed by atoms with van der Waals surface area (Å²) in [5.74, 6) is 0.859. The van der Waals surface area contributed by atoms with Gasteiger partial charge in [0.1, 0.15) is 0 Å². The lowest BCUT2D eigenvalue weighted by atomic mass is 10.1. The van der Waals surface area contributed by atoms with Crippen LogP contribution in [0.4, 0.5) is 11.5 Å². The zero-order chi connectivity index (χ0) is 20.1. The van der Waals surface area contributed by atoms with E-state index in [1.807, 2.05) is 42.5 Å². The predicted octanol–water partition coefficient (Wildman–Crippen LogP) is 4.08. The van der Waals surface area contributed by atoms with Crippen molar-refractivity contribution in [3.05, 3.63) is 72.3 Å². The van der Waals surface area contributed by atoms with Crippen LogP contribution in [0.25, 0.3) is 11.3 Å². The van der Waals surface area contributed by atoms with Crippen molar-refractivity contribution < 1.29 is 8.42 Å². The zero-order valence-electron chi connectivity index (χ0n) is 16.2. The van der Waals surface area contributed by atoms with Gasteiger partial charge in [0, 0.05) is 24.3 Å². The summed E-state index contributed by atoms with van der Waals surface area (Å²) >= 11 is 0. The zero-order valence-corrected chi connectivity index (χ0v) is 17.0. The number of piperidine rings is 1. The fraction of sp³-hybridized carbons (Fsp3) is 0.273. The van der Waals surface area contributed by atoms with Crippen LogP contribution < -0.4 is 9.62 Å². The summed E-state index contributed by atoms with van der Waals surface area (Å²) in [6.45, 7) is 2.07. The Hall–Kier alpha value is -2.93. The highest BCUT2D eigenvalue weighted by atomic mass is 32.2. The van der Waals surface area contributed by atoms with Crippen LogP contribution in [0.2, 0.25) is 0 Å². The van der Waals surface area contributed by atoms with Gasteiger partial charge in [0.05, 0.1) is 11.4 Å². The van der Waals surface area contributed by atoms with E-state index in [1.165, 1.54) is 19.3 Å². The number of anilines is 2. The van der Waals surface area contributed by atoms with E-state index in [-0.39, 0.29) is 5.75 Å². The largest absolute Gasteiger partial charge is 0.355 e. The van der Waals surface area contributed by atoms with Gasteiger partial charge in [-0.3, -0.25) is 4.72 Å². The lowest BCUT2D eigenvalue weighted by Gasteiger charge is -2.27. The average molecular weight is 409 g/mol. The second-order valence-corrected chi connectivity index (χ2v) is 8.97. The molecule has 0 aliphatic carbocycles. The lowest BCUT2D eigenvalue weighted by molar-refractivity contribution is 0.571. The summed E-state index contributed by atoms with van der Waals surface area (Å²) in [6.07, 6.45) is 3.68. The third kappa shape index (κ3) is 5.12. The van der Waals surface area contributed by atoms with Crippen LogP contribution in [0, 0.1) is 0 Å². The second-order valence-electron chi connectivity index (χ2n) is 7.25. The summed E-state index contributed by atoms with van der Waals surface area (Å²) in [4.78, 5) is 2.27. The summed E-state index contributed by atoms with van der Waals surface area (Å²) in [6, 6.07) is 20.3. The van der Waals surface area contributed by atoms with Gasteiger partial charge in [-0.15, -0.1) is 10.2 Å². The molecule has 0 bridgehead atoms. The summed E-state index contributed by atoms with van der Waals surface area (Å²) in [7, 11) is -3.47. The van der Waals surface area contributed by atoms with E-state index >= 15 is 0 Å². The van der Waals surface area contributed by atoms with Gasteiger partial charge < -0.3 is 4.90 Å². The average Bonchev–Trinajstić information content (AvgIpc) is 2.75. The number of rotatable bonds is 6. The standard InChI is InChI=1S/C22H24N4O2S/c27-29(28,17-18-7-3-1-4-8-18)25-20-11-9-19(10-12-20)21-13-14-22(24-23-21)26-15-5-2-6-16-26/h1,3-4,7-14,25H,2,5-6,15-17H2. The molecule has 3 aromatic rings. The van der Waals surface area contributed by atoms with Gasteiger partial charge in [0.15, 0.2) is 5.82 Å². The van der Waals surface area contributed by atoms with Gasteiger partial charge >= 0.3 is 0 Å². The number of hydrogen-bond donors (Lipinski definition) is 1. The lowest BCUT2D eigenvalue weighted by Crippen LogP contribution is -2.30. The Bertz CT molecular complexity index is 1030. The van der Waals surface area contributed by atoms with Crippen LogP contribution in [0.5, 0.6) is 0 Å². The number of aromatic nitrogens is 2. The molecule has 2 heterocycles.